The molecule has 304 valence electrons. The second kappa shape index (κ2) is 15.5. The van der Waals surface area contributed by atoms with Crippen molar-refractivity contribution in [2.24, 2.45) is 17.8 Å². The van der Waals surface area contributed by atoms with Gasteiger partial charge in [0, 0.05) is 37.8 Å². The number of hydrogen-bond donors (Lipinski definition) is 5. The summed E-state index contributed by atoms with van der Waals surface area (Å²) >= 11 is 0. The average molecular weight is 752 g/mol. The predicted octanol–water partition coefficient (Wildman–Crippen LogP) is 2.04. The molecular formula is C37H66FNO13. The first-order valence-electron chi connectivity index (χ1n) is 18.7. The van der Waals surface area contributed by atoms with Crippen LogP contribution in [0.1, 0.15) is 94.9 Å². The van der Waals surface area contributed by atoms with Crippen LogP contribution in [0.3, 0.4) is 0 Å². The molecule has 4 aliphatic rings. The van der Waals surface area contributed by atoms with Crippen LogP contribution in [-0.4, -0.2) is 153 Å². The summed E-state index contributed by atoms with van der Waals surface area (Å²) < 4.78 is 60.8. The second-order valence-electron chi connectivity index (χ2n) is 17.1. The number of alkyl halides is 1. The Labute approximate surface area is 308 Å². The van der Waals surface area contributed by atoms with Crippen LogP contribution < -0.4 is 0 Å². The molecule has 19 atom stereocenters. The van der Waals surface area contributed by atoms with Crippen LogP contribution in [0, 0.1) is 17.8 Å². The Balaban J connectivity index is 1.90. The van der Waals surface area contributed by atoms with E-state index in [4.69, 9.17) is 33.2 Å². The summed E-state index contributed by atoms with van der Waals surface area (Å²) in [6, 6.07) is -0.362. The number of halogens is 1. The summed E-state index contributed by atoms with van der Waals surface area (Å²) in [5.41, 5.74) is -7.43. The van der Waals surface area contributed by atoms with Gasteiger partial charge in [0.05, 0.1) is 47.6 Å². The highest BCUT2D eigenvalue weighted by Gasteiger charge is 2.70. The molecule has 4 heterocycles. The molecule has 52 heavy (non-hydrogen) atoms. The molecule has 0 spiro atoms. The maximum absolute atomic E-state index is 17.1. The van der Waals surface area contributed by atoms with Crippen molar-refractivity contribution < 1.29 is 67.9 Å². The highest BCUT2D eigenvalue weighted by atomic mass is 19.1. The number of aliphatic hydroxyl groups is 5. The molecule has 14 nitrogen and oxygen atoms in total. The van der Waals surface area contributed by atoms with E-state index < -0.39 is 114 Å². The lowest BCUT2D eigenvalue weighted by Gasteiger charge is -2.48. The van der Waals surface area contributed by atoms with Crippen molar-refractivity contribution in [1.29, 1.82) is 0 Å². The Hall–Kier alpha value is -1.08. The lowest BCUT2D eigenvalue weighted by molar-refractivity contribution is -0.345. The molecule has 2 bridgehead atoms. The quantitative estimate of drug-likeness (QED) is 0.238. The highest BCUT2D eigenvalue weighted by molar-refractivity contribution is 5.73. The van der Waals surface area contributed by atoms with Crippen molar-refractivity contribution in [2.45, 2.75) is 191 Å². The van der Waals surface area contributed by atoms with E-state index in [1.54, 1.807) is 41.5 Å². The number of fused-ring (bicyclic) bond motifs is 2. The number of rotatable bonds is 7. The maximum atomic E-state index is 17.1. The van der Waals surface area contributed by atoms with Gasteiger partial charge in [-0.1, -0.05) is 20.8 Å². The number of nitrogens with zero attached hydrogens (tertiary/aromatic N) is 1. The van der Waals surface area contributed by atoms with Gasteiger partial charge in [0.1, 0.15) is 23.9 Å². The summed E-state index contributed by atoms with van der Waals surface area (Å²) in [6.45, 7) is 15.6. The van der Waals surface area contributed by atoms with E-state index in [0.717, 1.165) is 0 Å². The van der Waals surface area contributed by atoms with Gasteiger partial charge < -0.3 is 63.6 Å². The third-order valence-corrected chi connectivity index (χ3v) is 12.6. The molecule has 0 aromatic rings. The van der Waals surface area contributed by atoms with Gasteiger partial charge in [-0.2, -0.15) is 0 Å². The Bertz CT molecular complexity index is 1240. The van der Waals surface area contributed by atoms with Gasteiger partial charge in [-0.3, -0.25) is 4.79 Å². The first-order chi connectivity index (χ1) is 23.8. The lowest BCUT2D eigenvalue weighted by Crippen LogP contribution is -2.62. The minimum atomic E-state index is -2.67. The third kappa shape index (κ3) is 7.81. The number of carbonyl (C=O) groups excluding carboxylic acids is 1. The average Bonchev–Trinajstić information content (AvgIpc) is 3.26. The van der Waals surface area contributed by atoms with Gasteiger partial charge >= 0.3 is 5.97 Å². The minimum Gasteiger partial charge on any atom is -0.459 e. The van der Waals surface area contributed by atoms with Crippen LogP contribution in [0.2, 0.25) is 0 Å². The SMILES string of the molecule is CC[C@H]1OC(=O)[C@H](C)[C@@H](OC2C[C@@](C)(OC)[C@@H](O)[C@H](C)O2)[C@H](C)[C@@H](O[C@@H]2O[C@H](C)C[C@H](N(C)C)[C@H]2O)[C@]2(C)C[C@](C)(F)[C@](O)(O2)[C@H](C)[C@@H](O)[C@]1(C)O. The van der Waals surface area contributed by atoms with Crippen LogP contribution in [0.15, 0.2) is 0 Å². The zero-order valence-corrected chi connectivity index (χ0v) is 33.2. The van der Waals surface area contributed by atoms with E-state index >= 15 is 4.39 Å². The molecular weight excluding hydrogens is 685 g/mol. The molecule has 0 aromatic heterocycles. The molecule has 0 saturated carbocycles. The Kier molecular flexibility index (Phi) is 13.0. The number of carbonyl (C=O) groups is 1. The number of hydrogen-bond acceptors (Lipinski definition) is 14. The number of methoxy groups -OCH3 is 1. The Morgan fingerprint density at radius 1 is 0.962 bits per heavy atom. The second-order valence-corrected chi connectivity index (χ2v) is 17.1. The lowest BCUT2D eigenvalue weighted by atomic mass is 9.73. The van der Waals surface area contributed by atoms with E-state index in [1.165, 1.54) is 27.9 Å². The number of likely N-dealkylation sites (N-methyl/N-ethyl adjacent to an activating group) is 1. The van der Waals surface area contributed by atoms with E-state index in [-0.39, 0.29) is 25.0 Å². The molecule has 0 amide bonds. The number of ether oxygens (including phenoxy) is 7. The van der Waals surface area contributed by atoms with Crippen LogP contribution in [0.25, 0.3) is 0 Å². The monoisotopic (exact) mass is 751 g/mol. The minimum absolute atomic E-state index is 0.0708. The van der Waals surface area contributed by atoms with Gasteiger partial charge in [0.15, 0.2) is 18.2 Å². The fraction of sp³-hybridized carbons (Fsp3) is 0.973. The molecule has 15 heteroatoms. The van der Waals surface area contributed by atoms with E-state index in [1.807, 2.05) is 25.9 Å². The Morgan fingerprint density at radius 2 is 1.58 bits per heavy atom. The highest BCUT2D eigenvalue weighted by Crippen LogP contribution is 2.55. The molecule has 5 N–H and O–H groups in total. The molecule has 4 aliphatic heterocycles. The molecule has 0 radical (unpaired) electrons. The van der Waals surface area contributed by atoms with Gasteiger partial charge in [-0.15, -0.1) is 0 Å². The van der Waals surface area contributed by atoms with Crippen LogP contribution in [-0.2, 0) is 38.0 Å². The van der Waals surface area contributed by atoms with E-state index in [9.17, 15) is 30.3 Å². The van der Waals surface area contributed by atoms with Gasteiger partial charge in [-0.25, -0.2) is 4.39 Å². The first kappa shape index (κ1) is 43.6. The van der Waals surface area contributed by atoms with Crippen molar-refractivity contribution in [2.75, 3.05) is 21.2 Å². The van der Waals surface area contributed by atoms with Crippen LogP contribution >= 0.6 is 0 Å². The summed E-state index contributed by atoms with van der Waals surface area (Å²) in [5.74, 6) is -6.86. The van der Waals surface area contributed by atoms with Gasteiger partial charge in [-0.05, 0) is 75.4 Å². The van der Waals surface area contributed by atoms with E-state index in [2.05, 4.69) is 0 Å². The van der Waals surface area contributed by atoms with Crippen molar-refractivity contribution in [3.8, 4) is 0 Å². The maximum Gasteiger partial charge on any atom is 0.311 e. The summed E-state index contributed by atoms with van der Waals surface area (Å²) in [4.78, 5) is 16.0. The van der Waals surface area contributed by atoms with Crippen molar-refractivity contribution >= 4 is 5.97 Å². The fourth-order valence-electron chi connectivity index (χ4n) is 9.18. The number of aliphatic hydroxyl groups excluding tert-OH is 3. The molecule has 4 saturated heterocycles. The topological polar surface area (TPSA) is 186 Å². The number of esters is 1. The molecule has 0 aromatic carbocycles. The number of cyclic esters (lactones) is 1. The zero-order valence-electron chi connectivity index (χ0n) is 33.2. The smallest absolute Gasteiger partial charge is 0.311 e. The van der Waals surface area contributed by atoms with Crippen molar-refractivity contribution in [3.63, 3.8) is 0 Å². The van der Waals surface area contributed by atoms with Crippen molar-refractivity contribution in [3.05, 3.63) is 0 Å². The summed E-state index contributed by atoms with van der Waals surface area (Å²) in [6.07, 6.45) is -10.7. The van der Waals surface area contributed by atoms with Crippen molar-refractivity contribution in [1.82, 2.24) is 4.90 Å². The van der Waals surface area contributed by atoms with Crippen LogP contribution in [0.4, 0.5) is 4.39 Å². The molecule has 0 aliphatic carbocycles. The Morgan fingerprint density at radius 3 is 2.13 bits per heavy atom. The first-order valence-corrected chi connectivity index (χ1v) is 18.7. The van der Waals surface area contributed by atoms with E-state index in [0.29, 0.717) is 6.42 Å². The molecule has 4 rings (SSSR count). The predicted molar refractivity (Wildman–Crippen MR) is 185 cm³/mol. The molecule has 4 fully saturated rings. The zero-order chi connectivity index (χ0) is 39.5. The van der Waals surface area contributed by atoms with Gasteiger partial charge in [0.25, 0.3) is 0 Å². The normalized spacial score (nSPS) is 53.9. The molecule has 1 unspecified atom stereocenters. The standard InChI is InChI=1S/C37H66FNO13/c1-14-24-36(10,44)28(41)21(5)37(45)35(9,38)17-34(8,52-37)30(51-32-26(40)23(39(11)12)15-18(2)47-32)19(3)27(20(4)31(43)49-24)50-25-16-33(7,46-13)29(42)22(6)48-25/h18-30,32,40-42,44-45H,14-17H2,1-13H3/t18-,19+,20-,21-,22+,23+,24-,25?,26-,27+,28-,29+,30-,32+,33-,34+,35+,36-,37-/m1/s1. The summed E-state index contributed by atoms with van der Waals surface area (Å²) in [5, 5.41) is 58.0. The van der Waals surface area contributed by atoms with Crippen LogP contribution in [0.5, 0.6) is 0 Å². The fourth-order valence-corrected chi connectivity index (χ4v) is 9.18. The third-order valence-electron chi connectivity index (χ3n) is 12.6. The largest absolute Gasteiger partial charge is 0.459 e. The summed E-state index contributed by atoms with van der Waals surface area (Å²) in [7, 11) is 5.14. The van der Waals surface area contributed by atoms with Gasteiger partial charge in [0.2, 0.25) is 5.79 Å².